The van der Waals surface area contributed by atoms with E-state index in [1.54, 1.807) is 11.3 Å². The number of likely N-dealkylation sites (tertiary alicyclic amines) is 1. The molecule has 1 atom stereocenters. The van der Waals surface area contributed by atoms with Crippen LogP contribution < -0.4 is 0 Å². The smallest absolute Gasteiger partial charge is 0.265 e. The van der Waals surface area contributed by atoms with Crippen molar-refractivity contribution >= 4 is 17.2 Å². The first-order valence-electron chi connectivity index (χ1n) is 7.77. The van der Waals surface area contributed by atoms with Gasteiger partial charge >= 0.3 is 0 Å². The highest BCUT2D eigenvalue weighted by Crippen LogP contribution is 2.25. The van der Waals surface area contributed by atoms with Crippen molar-refractivity contribution in [2.24, 2.45) is 11.8 Å². The zero-order valence-electron chi connectivity index (χ0n) is 13.8. The van der Waals surface area contributed by atoms with Gasteiger partial charge in [0.15, 0.2) is 0 Å². The van der Waals surface area contributed by atoms with Crippen molar-refractivity contribution in [3.05, 3.63) is 15.6 Å². The molecule has 1 aliphatic rings. The number of thiazole rings is 1. The average molecular weight is 309 g/mol. The first-order chi connectivity index (χ1) is 9.86. The molecule has 5 heteroatoms. The minimum absolute atomic E-state index is 0.182. The molecule has 0 aromatic carbocycles. The fourth-order valence-corrected chi connectivity index (χ4v) is 4.16. The predicted octanol–water partition coefficient (Wildman–Crippen LogP) is 2.67. The van der Waals surface area contributed by atoms with E-state index in [0.717, 1.165) is 48.1 Å². The summed E-state index contributed by atoms with van der Waals surface area (Å²) in [5.41, 5.74) is 0.900. The zero-order chi connectivity index (χ0) is 15.6. The van der Waals surface area contributed by atoms with Crippen LogP contribution in [-0.2, 0) is 6.42 Å². The fourth-order valence-electron chi connectivity index (χ4n) is 2.91. The lowest BCUT2D eigenvalue weighted by molar-refractivity contribution is 0.0789. The van der Waals surface area contributed by atoms with Gasteiger partial charge in [0, 0.05) is 26.1 Å². The number of hydrogen-bond donors (Lipinski definition) is 0. The molecule has 1 saturated heterocycles. The van der Waals surface area contributed by atoms with E-state index < -0.39 is 0 Å². The van der Waals surface area contributed by atoms with E-state index in [1.807, 2.05) is 11.8 Å². The average Bonchev–Trinajstić information content (AvgIpc) is 2.94. The Bertz CT molecular complexity index is 496. The Hall–Kier alpha value is -0.940. The molecule has 0 unspecified atom stereocenters. The lowest BCUT2D eigenvalue weighted by Gasteiger charge is -2.18. The van der Waals surface area contributed by atoms with Crippen LogP contribution >= 0.6 is 11.3 Å². The summed E-state index contributed by atoms with van der Waals surface area (Å²) in [5.74, 6) is 1.36. The quantitative estimate of drug-likeness (QED) is 0.839. The third kappa shape index (κ3) is 4.27. The molecule has 1 aromatic rings. The van der Waals surface area contributed by atoms with Crippen LogP contribution in [0.5, 0.6) is 0 Å². The van der Waals surface area contributed by atoms with Gasteiger partial charge < -0.3 is 9.80 Å². The largest absolute Gasteiger partial charge is 0.338 e. The van der Waals surface area contributed by atoms with Crippen molar-refractivity contribution in [3.63, 3.8) is 0 Å². The summed E-state index contributed by atoms with van der Waals surface area (Å²) >= 11 is 1.59. The molecule has 0 radical (unpaired) electrons. The van der Waals surface area contributed by atoms with Crippen LogP contribution in [0.3, 0.4) is 0 Å². The number of amides is 1. The number of carbonyl (C=O) groups excluding carboxylic acids is 1. The van der Waals surface area contributed by atoms with Gasteiger partial charge in [0.1, 0.15) is 4.88 Å². The van der Waals surface area contributed by atoms with Crippen LogP contribution in [0.25, 0.3) is 0 Å². The third-order valence-electron chi connectivity index (χ3n) is 3.81. The highest BCUT2D eigenvalue weighted by atomic mass is 32.1. The molecule has 0 N–H and O–H groups in total. The Morgan fingerprint density at radius 1 is 1.48 bits per heavy atom. The summed E-state index contributed by atoms with van der Waals surface area (Å²) in [6.45, 7) is 9.15. The Labute approximate surface area is 132 Å². The van der Waals surface area contributed by atoms with Crippen LogP contribution in [0.15, 0.2) is 0 Å². The summed E-state index contributed by atoms with van der Waals surface area (Å²) in [5, 5.41) is 1.09. The van der Waals surface area contributed by atoms with Crippen LogP contribution in [0.4, 0.5) is 0 Å². The molecule has 1 aromatic heterocycles. The molecule has 118 valence electrons. The number of hydrogen-bond acceptors (Lipinski definition) is 4. The van der Waals surface area contributed by atoms with E-state index in [-0.39, 0.29) is 5.91 Å². The summed E-state index contributed by atoms with van der Waals surface area (Å²) in [6, 6.07) is 0. The normalized spacial score (nSPS) is 19.0. The SMILES string of the molecule is Cc1nc(CC(C)C)sc1C(=O)N1CC[C@H](CN(C)C)C1. The summed E-state index contributed by atoms with van der Waals surface area (Å²) in [4.78, 5) is 22.3. The second-order valence-corrected chi connectivity index (χ2v) is 7.87. The maximum Gasteiger partial charge on any atom is 0.265 e. The fraction of sp³-hybridized carbons (Fsp3) is 0.750. The van der Waals surface area contributed by atoms with Gasteiger partial charge in [-0.25, -0.2) is 4.98 Å². The third-order valence-corrected chi connectivity index (χ3v) is 4.98. The molecule has 2 rings (SSSR count). The maximum absolute atomic E-state index is 12.7. The number of aromatic nitrogens is 1. The predicted molar refractivity (Wildman–Crippen MR) is 88.0 cm³/mol. The Morgan fingerprint density at radius 2 is 2.19 bits per heavy atom. The first-order valence-corrected chi connectivity index (χ1v) is 8.58. The van der Waals surface area contributed by atoms with E-state index in [0.29, 0.717) is 11.8 Å². The molecule has 2 heterocycles. The summed E-state index contributed by atoms with van der Waals surface area (Å²) in [6.07, 6.45) is 2.07. The van der Waals surface area contributed by atoms with Gasteiger partial charge in [-0.2, -0.15) is 0 Å². The lowest BCUT2D eigenvalue weighted by atomic mass is 10.1. The van der Waals surface area contributed by atoms with Crippen LogP contribution in [0, 0.1) is 18.8 Å². The molecular weight excluding hydrogens is 282 g/mol. The van der Waals surface area contributed by atoms with Crippen molar-refractivity contribution in [2.75, 3.05) is 33.7 Å². The van der Waals surface area contributed by atoms with Gasteiger partial charge in [-0.3, -0.25) is 4.79 Å². The van der Waals surface area contributed by atoms with E-state index in [9.17, 15) is 4.79 Å². The van der Waals surface area contributed by atoms with E-state index >= 15 is 0 Å². The zero-order valence-corrected chi connectivity index (χ0v) is 14.7. The molecule has 0 bridgehead atoms. The van der Waals surface area contributed by atoms with E-state index in [1.165, 1.54) is 0 Å². The summed E-state index contributed by atoms with van der Waals surface area (Å²) < 4.78 is 0. The molecule has 4 nitrogen and oxygen atoms in total. The standard InChI is InChI=1S/C16H27N3OS/c1-11(2)8-14-17-12(3)15(21-14)16(20)19-7-6-13(10-19)9-18(4)5/h11,13H,6-10H2,1-5H3/t13-/m1/s1. The molecule has 0 spiro atoms. The Kier molecular flexibility index (Phi) is 5.38. The molecule has 1 fully saturated rings. The maximum atomic E-state index is 12.7. The lowest BCUT2D eigenvalue weighted by Crippen LogP contribution is -2.30. The van der Waals surface area contributed by atoms with Gasteiger partial charge in [-0.15, -0.1) is 11.3 Å². The van der Waals surface area contributed by atoms with Crippen LogP contribution in [-0.4, -0.2) is 54.4 Å². The van der Waals surface area contributed by atoms with E-state index in [2.05, 4.69) is 37.8 Å². The minimum atomic E-state index is 0.182. The van der Waals surface area contributed by atoms with Crippen molar-refractivity contribution in [1.82, 2.24) is 14.8 Å². The highest BCUT2D eigenvalue weighted by Gasteiger charge is 2.29. The van der Waals surface area contributed by atoms with Gasteiger partial charge in [0.2, 0.25) is 0 Å². The first kappa shape index (κ1) is 16.4. The molecule has 0 aliphatic carbocycles. The van der Waals surface area contributed by atoms with Crippen molar-refractivity contribution in [1.29, 1.82) is 0 Å². The second-order valence-electron chi connectivity index (χ2n) is 6.79. The van der Waals surface area contributed by atoms with Gasteiger partial charge in [-0.05, 0) is 39.3 Å². The van der Waals surface area contributed by atoms with Crippen molar-refractivity contribution < 1.29 is 4.79 Å². The van der Waals surface area contributed by atoms with Crippen LogP contribution in [0.1, 0.15) is 40.6 Å². The Balaban J connectivity index is 2.02. The van der Waals surface area contributed by atoms with Crippen LogP contribution in [0.2, 0.25) is 0 Å². The number of aryl methyl sites for hydroxylation is 1. The van der Waals surface area contributed by atoms with Crippen molar-refractivity contribution in [3.8, 4) is 0 Å². The number of carbonyl (C=O) groups is 1. The topological polar surface area (TPSA) is 36.4 Å². The highest BCUT2D eigenvalue weighted by molar-refractivity contribution is 7.13. The van der Waals surface area contributed by atoms with Gasteiger partial charge in [0.05, 0.1) is 10.7 Å². The van der Waals surface area contributed by atoms with Gasteiger partial charge in [-0.1, -0.05) is 13.8 Å². The molecule has 1 amide bonds. The number of rotatable bonds is 5. The van der Waals surface area contributed by atoms with Crippen molar-refractivity contribution in [2.45, 2.75) is 33.6 Å². The molecule has 21 heavy (non-hydrogen) atoms. The molecular formula is C16H27N3OS. The second kappa shape index (κ2) is 6.88. The monoisotopic (exact) mass is 309 g/mol. The summed E-state index contributed by atoms with van der Waals surface area (Å²) in [7, 11) is 4.19. The minimum Gasteiger partial charge on any atom is -0.338 e. The Morgan fingerprint density at radius 3 is 2.81 bits per heavy atom. The van der Waals surface area contributed by atoms with Gasteiger partial charge in [0.25, 0.3) is 5.91 Å². The number of nitrogens with zero attached hydrogens (tertiary/aromatic N) is 3. The molecule has 0 saturated carbocycles. The van der Waals surface area contributed by atoms with E-state index in [4.69, 9.17) is 0 Å². The molecule has 1 aliphatic heterocycles.